The van der Waals surface area contributed by atoms with E-state index in [0.29, 0.717) is 12.4 Å². The number of imidazole rings is 1. The third-order valence-electron chi connectivity index (χ3n) is 2.90. The van der Waals surface area contributed by atoms with Gasteiger partial charge in [-0.3, -0.25) is 0 Å². The number of nitrogens with one attached hydrogen (secondary N) is 1. The van der Waals surface area contributed by atoms with Crippen molar-refractivity contribution in [3.05, 3.63) is 42.1 Å². The molecule has 2 aromatic rings. The highest BCUT2D eigenvalue weighted by Crippen LogP contribution is 2.10. The van der Waals surface area contributed by atoms with Gasteiger partial charge in [-0.25, -0.2) is 9.97 Å². The first-order valence-electron chi connectivity index (χ1n) is 6.73. The molecule has 0 spiro atoms. The molecule has 5 nitrogen and oxygen atoms in total. The van der Waals surface area contributed by atoms with Crippen LogP contribution in [0.2, 0.25) is 0 Å². The summed E-state index contributed by atoms with van der Waals surface area (Å²) in [4.78, 5) is 8.82. The molecule has 0 saturated heterocycles. The maximum absolute atomic E-state index is 5.15. The molecule has 0 radical (unpaired) electrons. The van der Waals surface area contributed by atoms with E-state index in [4.69, 9.17) is 4.74 Å². The van der Waals surface area contributed by atoms with E-state index in [-0.39, 0.29) is 5.54 Å². The van der Waals surface area contributed by atoms with E-state index in [9.17, 15) is 0 Å². The number of ether oxygens (including phenoxy) is 1. The fourth-order valence-electron chi connectivity index (χ4n) is 1.83. The lowest BCUT2D eigenvalue weighted by Crippen LogP contribution is -2.36. The molecule has 0 aliphatic rings. The van der Waals surface area contributed by atoms with Gasteiger partial charge in [0.05, 0.1) is 25.9 Å². The summed E-state index contributed by atoms with van der Waals surface area (Å²) in [6.07, 6.45) is 3.79. The van der Waals surface area contributed by atoms with Crippen molar-refractivity contribution in [2.45, 2.75) is 39.4 Å². The van der Waals surface area contributed by atoms with Crippen molar-refractivity contribution in [3.8, 4) is 5.88 Å². The first-order chi connectivity index (χ1) is 9.48. The summed E-state index contributed by atoms with van der Waals surface area (Å²) in [5.74, 6) is 1.64. The Morgan fingerprint density at radius 1 is 1.30 bits per heavy atom. The minimum absolute atomic E-state index is 0.0744. The van der Waals surface area contributed by atoms with Crippen LogP contribution in [0.15, 0.2) is 30.6 Å². The molecule has 0 saturated carbocycles. The van der Waals surface area contributed by atoms with Crippen LogP contribution in [0.5, 0.6) is 5.88 Å². The Bertz CT molecular complexity index is 557. The maximum atomic E-state index is 5.15. The summed E-state index contributed by atoms with van der Waals surface area (Å²) >= 11 is 0. The van der Waals surface area contributed by atoms with Crippen molar-refractivity contribution in [1.29, 1.82) is 0 Å². The van der Waals surface area contributed by atoms with E-state index in [2.05, 4.69) is 40.6 Å². The van der Waals surface area contributed by atoms with Gasteiger partial charge in [0.15, 0.2) is 0 Å². The summed E-state index contributed by atoms with van der Waals surface area (Å²) in [6.45, 7) is 7.86. The van der Waals surface area contributed by atoms with Crippen LogP contribution in [-0.2, 0) is 13.1 Å². The lowest BCUT2D eigenvalue weighted by atomic mass is 10.1. The molecule has 5 heteroatoms. The van der Waals surface area contributed by atoms with Crippen molar-refractivity contribution in [1.82, 2.24) is 19.9 Å². The Kier molecular flexibility index (Phi) is 4.39. The van der Waals surface area contributed by atoms with Crippen molar-refractivity contribution in [2.24, 2.45) is 0 Å². The monoisotopic (exact) mass is 274 g/mol. The zero-order valence-electron chi connectivity index (χ0n) is 12.6. The highest BCUT2D eigenvalue weighted by Gasteiger charge is 2.11. The molecule has 0 aromatic carbocycles. The molecule has 0 aliphatic heterocycles. The second-order valence-corrected chi connectivity index (χ2v) is 5.75. The Hall–Kier alpha value is -1.88. The fraction of sp³-hybridized carbons (Fsp3) is 0.467. The van der Waals surface area contributed by atoms with Crippen LogP contribution in [0.3, 0.4) is 0 Å². The molecule has 2 heterocycles. The van der Waals surface area contributed by atoms with Gasteiger partial charge in [-0.15, -0.1) is 0 Å². The molecule has 0 unspecified atom stereocenters. The van der Waals surface area contributed by atoms with Gasteiger partial charge < -0.3 is 14.6 Å². The standard InChI is InChI=1S/C15H22N4O/c1-15(2,3)17-10-13-16-8-9-19(13)11-12-6-5-7-14(18-12)20-4/h5-9,17H,10-11H2,1-4H3. The van der Waals surface area contributed by atoms with Crippen LogP contribution >= 0.6 is 0 Å². The molecule has 2 rings (SSSR count). The van der Waals surface area contributed by atoms with Crippen molar-refractivity contribution >= 4 is 0 Å². The van der Waals surface area contributed by atoms with Crippen LogP contribution < -0.4 is 10.1 Å². The molecule has 0 bridgehead atoms. The minimum atomic E-state index is 0.0744. The van der Waals surface area contributed by atoms with Gasteiger partial charge in [-0.2, -0.15) is 0 Å². The van der Waals surface area contributed by atoms with Gasteiger partial charge in [-0.05, 0) is 26.8 Å². The van der Waals surface area contributed by atoms with Gasteiger partial charge in [0.25, 0.3) is 0 Å². The van der Waals surface area contributed by atoms with Crippen molar-refractivity contribution in [2.75, 3.05) is 7.11 Å². The fourth-order valence-corrected chi connectivity index (χ4v) is 1.83. The lowest BCUT2D eigenvalue weighted by molar-refractivity contribution is 0.395. The van der Waals surface area contributed by atoms with Crippen molar-refractivity contribution < 1.29 is 4.74 Å². The number of hydrogen-bond donors (Lipinski definition) is 1. The summed E-state index contributed by atoms with van der Waals surface area (Å²) in [5.41, 5.74) is 1.03. The molecular formula is C15H22N4O. The number of rotatable bonds is 5. The minimum Gasteiger partial charge on any atom is -0.481 e. The van der Waals surface area contributed by atoms with E-state index < -0.39 is 0 Å². The number of nitrogens with zero attached hydrogens (tertiary/aromatic N) is 3. The first-order valence-corrected chi connectivity index (χ1v) is 6.73. The summed E-state index contributed by atoms with van der Waals surface area (Å²) in [7, 11) is 1.63. The average Bonchev–Trinajstić information content (AvgIpc) is 2.83. The van der Waals surface area contributed by atoms with Crippen LogP contribution in [-0.4, -0.2) is 27.2 Å². The molecule has 0 amide bonds. The normalized spacial score (nSPS) is 11.6. The van der Waals surface area contributed by atoms with Gasteiger partial charge in [-0.1, -0.05) is 6.07 Å². The zero-order chi connectivity index (χ0) is 14.6. The summed E-state index contributed by atoms with van der Waals surface area (Å²) in [5, 5.41) is 3.44. The highest BCUT2D eigenvalue weighted by molar-refractivity contribution is 5.16. The largest absolute Gasteiger partial charge is 0.481 e. The topological polar surface area (TPSA) is 52.0 Å². The van der Waals surface area contributed by atoms with E-state index in [0.717, 1.165) is 18.1 Å². The quantitative estimate of drug-likeness (QED) is 0.908. The summed E-state index contributed by atoms with van der Waals surface area (Å²) in [6, 6.07) is 5.79. The van der Waals surface area contributed by atoms with Gasteiger partial charge in [0.1, 0.15) is 5.82 Å². The van der Waals surface area contributed by atoms with E-state index in [1.165, 1.54) is 0 Å². The Balaban J connectivity index is 2.08. The molecular weight excluding hydrogens is 252 g/mol. The predicted molar refractivity (Wildman–Crippen MR) is 78.7 cm³/mol. The average molecular weight is 274 g/mol. The van der Waals surface area contributed by atoms with Crippen LogP contribution in [0.25, 0.3) is 0 Å². The number of hydrogen-bond acceptors (Lipinski definition) is 4. The molecule has 2 aromatic heterocycles. The molecule has 20 heavy (non-hydrogen) atoms. The molecule has 0 aliphatic carbocycles. The highest BCUT2D eigenvalue weighted by atomic mass is 16.5. The third-order valence-corrected chi connectivity index (χ3v) is 2.90. The maximum Gasteiger partial charge on any atom is 0.213 e. The molecule has 0 atom stereocenters. The van der Waals surface area contributed by atoms with Crippen LogP contribution in [0, 0.1) is 0 Å². The predicted octanol–water partition coefficient (Wildman–Crippen LogP) is 2.22. The third kappa shape index (κ3) is 4.06. The lowest BCUT2D eigenvalue weighted by Gasteiger charge is -2.20. The van der Waals surface area contributed by atoms with E-state index >= 15 is 0 Å². The van der Waals surface area contributed by atoms with Gasteiger partial charge in [0.2, 0.25) is 5.88 Å². The Morgan fingerprint density at radius 3 is 2.80 bits per heavy atom. The molecule has 0 fully saturated rings. The van der Waals surface area contributed by atoms with Crippen LogP contribution in [0.1, 0.15) is 32.3 Å². The first kappa shape index (κ1) is 14.5. The van der Waals surface area contributed by atoms with Gasteiger partial charge in [0, 0.05) is 24.0 Å². The number of aromatic nitrogens is 3. The van der Waals surface area contributed by atoms with Crippen LogP contribution in [0.4, 0.5) is 0 Å². The number of methoxy groups -OCH3 is 1. The molecule has 108 valence electrons. The second-order valence-electron chi connectivity index (χ2n) is 5.75. The van der Waals surface area contributed by atoms with Crippen molar-refractivity contribution in [3.63, 3.8) is 0 Å². The summed E-state index contributed by atoms with van der Waals surface area (Å²) < 4.78 is 7.25. The Labute approximate surface area is 120 Å². The zero-order valence-corrected chi connectivity index (χ0v) is 12.6. The second kappa shape index (κ2) is 6.05. The SMILES string of the molecule is COc1cccc(Cn2ccnc2CNC(C)(C)C)n1. The smallest absolute Gasteiger partial charge is 0.213 e. The van der Waals surface area contributed by atoms with E-state index in [1.807, 2.05) is 30.6 Å². The van der Waals surface area contributed by atoms with Gasteiger partial charge >= 0.3 is 0 Å². The van der Waals surface area contributed by atoms with E-state index in [1.54, 1.807) is 7.11 Å². The molecule has 1 N–H and O–H groups in total. The number of pyridine rings is 1. The Morgan fingerprint density at radius 2 is 2.10 bits per heavy atom.